The Morgan fingerprint density at radius 3 is 2.50 bits per heavy atom. The van der Waals surface area contributed by atoms with E-state index in [0.717, 1.165) is 16.8 Å². The van der Waals surface area contributed by atoms with Gasteiger partial charge in [-0.2, -0.15) is 0 Å². The van der Waals surface area contributed by atoms with Gasteiger partial charge in [-0.1, -0.05) is 36.4 Å². The molecule has 22 heavy (non-hydrogen) atoms. The summed E-state index contributed by atoms with van der Waals surface area (Å²) in [6.07, 6.45) is 0. The van der Waals surface area contributed by atoms with Crippen LogP contribution in [0.15, 0.2) is 48.5 Å². The highest BCUT2D eigenvalue weighted by molar-refractivity contribution is 5.73. The molecule has 4 N–H and O–H groups in total. The van der Waals surface area contributed by atoms with Crippen molar-refractivity contribution in [1.29, 1.82) is 0 Å². The molecule has 1 atom stereocenters. The SMILES string of the molecule is CC(=O)NC(C)c1ccc(CONc2ccccc2N)cc1. The first-order valence-corrected chi connectivity index (χ1v) is 7.14. The lowest BCUT2D eigenvalue weighted by molar-refractivity contribution is -0.119. The molecule has 1 unspecified atom stereocenters. The molecule has 0 saturated heterocycles. The van der Waals surface area contributed by atoms with E-state index in [1.54, 1.807) is 0 Å². The molecule has 0 aromatic heterocycles. The van der Waals surface area contributed by atoms with Crippen molar-refractivity contribution in [3.8, 4) is 0 Å². The van der Waals surface area contributed by atoms with Crippen LogP contribution < -0.4 is 16.5 Å². The summed E-state index contributed by atoms with van der Waals surface area (Å²) < 4.78 is 0. The number of anilines is 2. The summed E-state index contributed by atoms with van der Waals surface area (Å²) in [5.41, 5.74) is 12.1. The Morgan fingerprint density at radius 1 is 1.18 bits per heavy atom. The van der Waals surface area contributed by atoms with E-state index in [-0.39, 0.29) is 11.9 Å². The minimum atomic E-state index is -0.0374. The highest BCUT2D eigenvalue weighted by atomic mass is 16.6. The third-order valence-corrected chi connectivity index (χ3v) is 3.28. The van der Waals surface area contributed by atoms with Crippen molar-refractivity contribution in [2.24, 2.45) is 0 Å². The van der Waals surface area contributed by atoms with Crippen LogP contribution in [0.3, 0.4) is 0 Å². The zero-order valence-electron chi connectivity index (χ0n) is 12.8. The maximum atomic E-state index is 11.0. The second kappa shape index (κ2) is 7.47. The van der Waals surface area contributed by atoms with E-state index >= 15 is 0 Å². The third-order valence-electron chi connectivity index (χ3n) is 3.28. The summed E-state index contributed by atoms with van der Waals surface area (Å²) in [7, 11) is 0. The van der Waals surface area contributed by atoms with Gasteiger partial charge in [-0.05, 0) is 30.2 Å². The van der Waals surface area contributed by atoms with Crippen LogP contribution in [-0.2, 0) is 16.2 Å². The fourth-order valence-electron chi connectivity index (χ4n) is 2.08. The Labute approximate surface area is 130 Å². The zero-order chi connectivity index (χ0) is 15.9. The summed E-state index contributed by atoms with van der Waals surface area (Å²) in [6.45, 7) is 3.88. The number of nitrogens with one attached hydrogen (secondary N) is 2. The number of para-hydroxylation sites is 2. The standard InChI is InChI=1S/C17H21N3O2/c1-12(19-13(2)21)15-9-7-14(8-10-15)11-22-20-17-6-4-3-5-16(17)18/h3-10,12,20H,11,18H2,1-2H3,(H,19,21). The van der Waals surface area contributed by atoms with Crippen LogP contribution in [0.2, 0.25) is 0 Å². The highest BCUT2D eigenvalue weighted by Gasteiger charge is 2.06. The number of nitrogens with two attached hydrogens (primary N) is 1. The van der Waals surface area contributed by atoms with Gasteiger partial charge in [0.05, 0.1) is 24.0 Å². The van der Waals surface area contributed by atoms with Crippen molar-refractivity contribution >= 4 is 17.3 Å². The van der Waals surface area contributed by atoms with Crippen LogP contribution in [0, 0.1) is 0 Å². The lowest BCUT2D eigenvalue weighted by Gasteiger charge is -2.13. The van der Waals surface area contributed by atoms with Gasteiger partial charge in [0.25, 0.3) is 0 Å². The number of carbonyl (C=O) groups is 1. The van der Waals surface area contributed by atoms with Gasteiger partial charge in [-0.3, -0.25) is 15.1 Å². The molecule has 5 nitrogen and oxygen atoms in total. The molecule has 2 aromatic rings. The van der Waals surface area contributed by atoms with Gasteiger partial charge >= 0.3 is 0 Å². The van der Waals surface area contributed by atoms with E-state index < -0.39 is 0 Å². The Bertz CT molecular complexity index is 626. The van der Waals surface area contributed by atoms with E-state index in [1.807, 2.05) is 55.5 Å². The summed E-state index contributed by atoms with van der Waals surface area (Å²) in [5.74, 6) is -0.0374. The number of carbonyl (C=O) groups excluding carboxylic acids is 1. The van der Waals surface area contributed by atoms with Crippen molar-refractivity contribution in [3.63, 3.8) is 0 Å². The van der Waals surface area contributed by atoms with Crippen molar-refractivity contribution < 1.29 is 9.63 Å². The molecule has 5 heteroatoms. The topological polar surface area (TPSA) is 76.4 Å². The van der Waals surface area contributed by atoms with Gasteiger partial charge in [0.2, 0.25) is 5.91 Å². The maximum Gasteiger partial charge on any atom is 0.217 e. The third kappa shape index (κ3) is 4.49. The van der Waals surface area contributed by atoms with Gasteiger partial charge in [0.15, 0.2) is 0 Å². The van der Waals surface area contributed by atoms with Gasteiger partial charge < -0.3 is 11.1 Å². The summed E-state index contributed by atoms with van der Waals surface area (Å²) in [5, 5.41) is 2.85. The molecule has 0 fully saturated rings. The van der Waals surface area contributed by atoms with Crippen LogP contribution >= 0.6 is 0 Å². The largest absolute Gasteiger partial charge is 0.397 e. The Hall–Kier alpha value is -2.53. The Morgan fingerprint density at radius 2 is 1.86 bits per heavy atom. The fourth-order valence-corrected chi connectivity index (χ4v) is 2.08. The van der Waals surface area contributed by atoms with E-state index in [4.69, 9.17) is 10.6 Å². The zero-order valence-corrected chi connectivity index (χ0v) is 12.8. The lowest BCUT2D eigenvalue weighted by Crippen LogP contribution is -2.23. The number of benzene rings is 2. The molecule has 0 spiro atoms. The van der Waals surface area contributed by atoms with E-state index in [1.165, 1.54) is 6.92 Å². The second-order valence-electron chi connectivity index (χ2n) is 5.14. The number of rotatable bonds is 6. The van der Waals surface area contributed by atoms with E-state index in [0.29, 0.717) is 12.3 Å². The summed E-state index contributed by atoms with van der Waals surface area (Å²) >= 11 is 0. The van der Waals surface area contributed by atoms with Gasteiger partial charge in [-0.25, -0.2) is 0 Å². The van der Waals surface area contributed by atoms with Crippen molar-refractivity contribution in [2.75, 3.05) is 11.2 Å². The summed E-state index contributed by atoms with van der Waals surface area (Å²) in [4.78, 5) is 16.5. The predicted octanol–water partition coefficient (Wildman–Crippen LogP) is 3.01. The molecular formula is C17H21N3O2. The first kappa shape index (κ1) is 15.9. The van der Waals surface area contributed by atoms with Crippen LogP contribution in [0.5, 0.6) is 0 Å². The van der Waals surface area contributed by atoms with Crippen molar-refractivity contribution in [2.45, 2.75) is 26.5 Å². The lowest BCUT2D eigenvalue weighted by atomic mass is 10.1. The molecule has 1 amide bonds. The molecule has 0 bridgehead atoms. The van der Waals surface area contributed by atoms with Gasteiger partial charge in [0.1, 0.15) is 0 Å². The second-order valence-corrected chi connectivity index (χ2v) is 5.14. The predicted molar refractivity (Wildman–Crippen MR) is 87.9 cm³/mol. The van der Waals surface area contributed by atoms with E-state index in [9.17, 15) is 4.79 Å². The fraction of sp³-hybridized carbons (Fsp3) is 0.235. The molecule has 0 heterocycles. The van der Waals surface area contributed by atoms with Gasteiger partial charge in [0, 0.05) is 6.92 Å². The highest BCUT2D eigenvalue weighted by Crippen LogP contribution is 2.18. The van der Waals surface area contributed by atoms with Crippen LogP contribution in [0.1, 0.15) is 31.0 Å². The molecule has 2 aromatic carbocycles. The molecule has 0 saturated carbocycles. The molecule has 0 radical (unpaired) electrons. The van der Waals surface area contributed by atoms with Crippen molar-refractivity contribution in [1.82, 2.24) is 5.32 Å². The van der Waals surface area contributed by atoms with Crippen LogP contribution in [0.25, 0.3) is 0 Å². The number of hydrogen-bond donors (Lipinski definition) is 3. The van der Waals surface area contributed by atoms with Crippen LogP contribution in [0.4, 0.5) is 11.4 Å². The van der Waals surface area contributed by atoms with Crippen molar-refractivity contribution in [3.05, 3.63) is 59.7 Å². The average molecular weight is 299 g/mol. The van der Waals surface area contributed by atoms with Crippen LogP contribution in [-0.4, -0.2) is 5.91 Å². The quantitative estimate of drug-likeness (QED) is 0.566. The molecule has 0 aliphatic carbocycles. The number of nitrogen functional groups attached to an aromatic ring is 1. The monoisotopic (exact) mass is 299 g/mol. The molecular weight excluding hydrogens is 278 g/mol. The smallest absolute Gasteiger partial charge is 0.217 e. The molecule has 2 rings (SSSR count). The normalized spacial score (nSPS) is 11.7. The van der Waals surface area contributed by atoms with E-state index in [2.05, 4.69) is 10.8 Å². The summed E-state index contributed by atoms with van der Waals surface area (Å²) in [6, 6.07) is 15.3. The first-order chi connectivity index (χ1) is 10.6. The number of amides is 1. The average Bonchev–Trinajstić information content (AvgIpc) is 2.49. The van der Waals surface area contributed by atoms with Gasteiger partial charge in [-0.15, -0.1) is 0 Å². The minimum Gasteiger partial charge on any atom is -0.397 e. The Kier molecular flexibility index (Phi) is 5.38. The molecule has 116 valence electrons. The number of hydrogen-bond acceptors (Lipinski definition) is 4. The molecule has 0 aliphatic heterocycles. The first-order valence-electron chi connectivity index (χ1n) is 7.14. The maximum absolute atomic E-state index is 11.0. The minimum absolute atomic E-state index is 0.00490. The Balaban J connectivity index is 1.86. The molecule has 0 aliphatic rings.